The number of nitrogens with one attached hydrogen (secondary N) is 1. The van der Waals surface area contributed by atoms with Gasteiger partial charge in [-0.15, -0.1) is 0 Å². The topological polar surface area (TPSA) is 48.3 Å². The van der Waals surface area contributed by atoms with E-state index in [9.17, 15) is 0 Å². The summed E-state index contributed by atoms with van der Waals surface area (Å²) in [5, 5.41) is 7.93. The van der Waals surface area contributed by atoms with E-state index in [1.807, 2.05) is 24.0 Å². The molecule has 1 aliphatic rings. The Balaban J connectivity index is 1.61. The maximum atomic E-state index is 5.94. The smallest absolute Gasteiger partial charge is 0.121 e. The third-order valence-corrected chi connectivity index (χ3v) is 4.87. The Kier molecular flexibility index (Phi) is 5.21. The Morgan fingerprint density at radius 3 is 2.96 bits per heavy atom. The minimum absolute atomic E-state index is 0.149. The van der Waals surface area contributed by atoms with Crippen LogP contribution in [0.3, 0.4) is 0 Å². The number of methoxy groups -OCH3 is 1. The number of rotatable bonds is 6. The van der Waals surface area contributed by atoms with Gasteiger partial charge in [0.05, 0.1) is 19.4 Å². The first-order chi connectivity index (χ1) is 11.6. The Labute approximate surface area is 144 Å². The lowest BCUT2D eigenvalue weighted by Gasteiger charge is -2.21. The molecule has 1 N–H and O–H groups in total. The van der Waals surface area contributed by atoms with E-state index in [0.29, 0.717) is 12.0 Å². The number of hydrogen-bond donors (Lipinski definition) is 1. The van der Waals surface area contributed by atoms with Crippen molar-refractivity contribution in [1.82, 2.24) is 15.1 Å². The van der Waals surface area contributed by atoms with E-state index >= 15 is 0 Å². The van der Waals surface area contributed by atoms with Crippen molar-refractivity contribution in [2.75, 3.05) is 20.3 Å². The van der Waals surface area contributed by atoms with E-state index in [1.54, 1.807) is 7.11 Å². The highest BCUT2D eigenvalue weighted by Crippen LogP contribution is 2.34. The summed E-state index contributed by atoms with van der Waals surface area (Å²) in [6.07, 6.45) is 5.20. The van der Waals surface area contributed by atoms with E-state index in [-0.39, 0.29) is 6.10 Å². The molecule has 1 aromatic heterocycles. The predicted octanol–water partition coefficient (Wildman–Crippen LogP) is 3.17. The van der Waals surface area contributed by atoms with Crippen LogP contribution in [0, 0.1) is 12.8 Å². The van der Waals surface area contributed by atoms with Crippen LogP contribution in [0.25, 0.3) is 0 Å². The largest absolute Gasteiger partial charge is 0.496 e. The SMILES string of the molecule is COc1ccc(C(C)NC[C@@H]2CCO[C@H]2c2cnn(C)c2)cc1C. The first-order valence-corrected chi connectivity index (χ1v) is 8.56. The van der Waals surface area contributed by atoms with Gasteiger partial charge in [0.25, 0.3) is 0 Å². The minimum atomic E-state index is 0.149. The highest BCUT2D eigenvalue weighted by atomic mass is 16.5. The normalized spacial score (nSPS) is 21.8. The zero-order valence-electron chi connectivity index (χ0n) is 15.0. The van der Waals surface area contributed by atoms with Crippen LogP contribution in [-0.2, 0) is 11.8 Å². The number of aromatic nitrogens is 2. The van der Waals surface area contributed by atoms with Crippen LogP contribution in [0.4, 0.5) is 0 Å². The van der Waals surface area contributed by atoms with Gasteiger partial charge in [-0.3, -0.25) is 4.68 Å². The van der Waals surface area contributed by atoms with E-state index in [2.05, 4.69) is 42.6 Å². The van der Waals surface area contributed by atoms with Crippen LogP contribution in [0.2, 0.25) is 0 Å². The van der Waals surface area contributed by atoms with Gasteiger partial charge in [0, 0.05) is 43.9 Å². The molecule has 0 saturated carbocycles. The Hall–Kier alpha value is -1.85. The van der Waals surface area contributed by atoms with Gasteiger partial charge in [-0.05, 0) is 37.5 Å². The predicted molar refractivity (Wildman–Crippen MR) is 94.2 cm³/mol. The molecule has 0 radical (unpaired) electrons. The van der Waals surface area contributed by atoms with Gasteiger partial charge in [0.2, 0.25) is 0 Å². The van der Waals surface area contributed by atoms with E-state index in [4.69, 9.17) is 9.47 Å². The van der Waals surface area contributed by atoms with Gasteiger partial charge in [0.1, 0.15) is 5.75 Å². The summed E-state index contributed by atoms with van der Waals surface area (Å²) in [7, 11) is 3.65. The highest BCUT2D eigenvalue weighted by molar-refractivity contribution is 5.37. The van der Waals surface area contributed by atoms with Crippen molar-refractivity contribution in [3.63, 3.8) is 0 Å². The molecular formula is C19H27N3O2. The van der Waals surface area contributed by atoms with Gasteiger partial charge in [-0.25, -0.2) is 0 Å². The van der Waals surface area contributed by atoms with Crippen molar-refractivity contribution in [1.29, 1.82) is 0 Å². The zero-order chi connectivity index (χ0) is 17.1. The van der Waals surface area contributed by atoms with E-state index < -0.39 is 0 Å². The molecule has 1 fully saturated rings. The quantitative estimate of drug-likeness (QED) is 0.884. The second-order valence-electron chi connectivity index (χ2n) is 6.65. The maximum absolute atomic E-state index is 5.94. The molecule has 3 atom stereocenters. The minimum Gasteiger partial charge on any atom is -0.496 e. The number of aryl methyl sites for hydroxylation is 2. The molecule has 1 aliphatic heterocycles. The average Bonchev–Trinajstić information content (AvgIpc) is 3.20. The van der Waals surface area contributed by atoms with Crippen LogP contribution in [-0.4, -0.2) is 30.0 Å². The monoisotopic (exact) mass is 329 g/mol. The van der Waals surface area contributed by atoms with Crippen molar-refractivity contribution >= 4 is 0 Å². The maximum Gasteiger partial charge on any atom is 0.121 e. The standard InChI is InChI=1S/C19H27N3O2/c1-13-9-15(5-6-18(13)23-4)14(2)20-10-16-7-8-24-19(16)17-11-21-22(3)12-17/h5-6,9,11-12,14,16,19-20H,7-8,10H2,1-4H3/t14?,16-,19+/m0/s1. The lowest BCUT2D eigenvalue weighted by molar-refractivity contribution is 0.0899. The molecule has 130 valence electrons. The molecule has 1 saturated heterocycles. The molecular weight excluding hydrogens is 302 g/mol. The van der Waals surface area contributed by atoms with Crippen LogP contribution in [0.15, 0.2) is 30.6 Å². The Morgan fingerprint density at radius 2 is 2.29 bits per heavy atom. The number of benzene rings is 1. The third-order valence-electron chi connectivity index (χ3n) is 4.87. The third kappa shape index (κ3) is 3.62. The summed E-state index contributed by atoms with van der Waals surface area (Å²) in [5.41, 5.74) is 3.63. The van der Waals surface area contributed by atoms with Crippen molar-refractivity contribution in [2.24, 2.45) is 13.0 Å². The molecule has 0 bridgehead atoms. The van der Waals surface area contributed by atoms with Crippen molar-refractivity contribution in [3.8, 4) is 5.75 Å². The first kappa shape index (κ1) is 17.0. The fourth-order valence-corrected chi connectivity index (χ4v) is 3.42. The summed E-state index contributed by atoms with van der Waals surface area (Å²) in [6.45, 7) is 6.04. The molecule has 24 heavy (non-hydrogen) atoms. The van der Waals surface area contributed by atoms with Crippen LogP contribution >= 0.6 is 0 Å². The summed E-state index contributed by atoms with van der Waals surface area (Å²) >= 11 is 0. The van der Waals surface area contributed by atoms with Gasteiger partial charge >= 0.3 is 0 Å². The van der Waals surface area contributed by atoms with E-state index in [1.165, 1.54) is 16.7 Å². The zero-order valence-corrected chi connectivity index (χ0v) is 15.0. The molecule has 1 unspecified atom stereocenters. The van der Waals surface area contributed by atoms with Crippen LogP contribution < -0.4 is 10.1 Å². The summed E-state index contributed by atoms with van der Waals surface area (Å²) in [6, 6.07) is 6.66. The van der Waals surface area contributed by atoms with Crippen LogP contribution in [0.5, 0.6) is 5.75 Å². The van der Waals surface area contributed by atoms with Gasteiger partial charge < -0.3 is 14.8 Å². The summed E-state index contributed by atoms with van der Waals surface area (Å²) < 4.78 is 13.1. The summed E-state index contributed by atoms with van der Waals surface area (Å²) in [5.74, 6) is 1.42. The lowest BCUT2D eigenvalue weighted by Crippen LogP contribution is -2.27. The molecule has 5 nitrogen and oxygen atoms in total. The van der Waals surface area contributed by atoms with Gasteiger partial charge in [-0.2, -0.15) is 5.10 Å². The Morgan fingerprint density at radius 1 is 1.46 bits per heavy atom. The van der Waals surface area contributed by atoms with Crippen molar-refractivity contribution in [2.45, 2.75) is 32.4 Å². The van der Waals surface area contributed by atoms with Crippen molar-refractivity contribution in [3.05, 3.63) is 47.3 Å². The fourth-order valence-electron chi connectivity index (χ4n) is 3.42. The first-order valence-electron chi connectivity index (χ1n) is 8.56. The summed E-state index contributed by atoms with van der Waals surface area (Å²) in [4.78, 5) is 0. The van der Waals surface area contributed by atoms with Gasteiger partial charge in [0.15, 0.2) is 0 Å². The van der Waals surface area contributed by atoms with Crippen molar-refractivity contribution < 1.29 is 9.47 Å². The number of hydrogen-bond acceptors (Lipinski definition) is 4. The molecule has 5 heteroatoms. The molecule has 2 heterocycles. The highest BCUT2D eigenvalue weighted by Gasteiger charge is 2.30. The van der Waals surface area contributed by atoms with Crippen LogP contribution in [0.1, 0.15) is 42.2 Å². The molecule has 3 rings (SSSR count). The molecule has 2 aromatic rings. The molecule has 0 aliphatic carbocycles. The number of ether oxygens (including phenoxy) is 2. The fraction of sp³-hybridized carbons (Fsp3) is 0.526. The average molecular weight is 329 g/mol. The number of nitrogens with zero attached hydrogens (tertiary/aromatic N) is 2. The lowest BCUT2D eigenvalue weighted by atomic mass is 9.96. The molecule has 1 aromatic carbocycles. The second-order valence-corrected chi connectivity index (χ2v) is 6.65. The molecule has 0 amide bonds. The second kappa shape index (κ2) is 7.36. The Bertz CT molecular complexity index is 683. The van der Waals surface area contributed by atoms with E-state index in [0.717, 1.165) is 25.3 Å². The molecule has 0 spiro atoms. The van der Waals surface area contributed by atoms with Gasteiger partial charge in [-0.1, -0.05) is 12.1 Å².